The molecule has 2 heterocycles. The van der Waals surface area contributed by atoms with E-state index < -0.39 is 0 Å². The lowest BCUT2D eigenvalue weighted by molar-refractivity contribution is 0.885. The van der Waals surface area contributed by atoms with E-state index in [0.717, 1.165) is 26.6 Å². The van der Waals surface area contributed by atoms with Gasteiger partial charge in [0.1, 0.15) is 5.82 Å². The lowest BCUT2D eigenvalue weighted by Gasteiger charge is -2.03. The molecule has 0 saturated heterocycles. The summed E-state index contributed by atoms with van der Waals surface area (Å²) in [5, 5.41) is 5.88. The minimum atomic E-state index is 0.462. The summed E-state index contributed by atoms with van der Waals surface area (Å²) in [5.74, 6) is 0.462. The number of nitrogens with zero attached hydrogens (tertiary/aromatic N) is 3. The number of benzene rings is 2. The third kappa shape index (κ3) is 2.24. The number of halogens is 1. The number of hydrogen-bond acceptors (Lipinski definition) is 4. The van der Waals surface area contributed by atoms with Crippen molar-refractivity contribution < 1.29 is 0 Å². The molecule has 0 atom stereocenters. The van der Waals surface area contributed by atoms with Crippen LogP contribution in [0.4, 0.5) is 5.82 Å². The van der Waals surface area contributed by atoms with Crippen LogP contribution in [0.25, 0.3) is 26.6 Å². The molecule has 0 aliphatic rings. The SMILES string of the molecule is Nc1cc(-c2ccc(Cl)cc2)n(-c2nc3ccccc3s2)n1. The summed E-state index contributed by atoms with van der Waals surface area (Å²) in [4.78, 5) is 4.64. The molecule has 0 aliphatic heterocycles. The maximum absolute atomic E-state index is 5.96. The maximum Gasteiger partial charge on any atom is 0.212 e. The molecular weight excluding hydrogens is 316 g/mol. The van der Waals surface area contributed by atoms with Crippen molar-refractivity contribution in [1.82, 2.24) is 14.8 Å². The molecule has 4 aromatic rings. The average Bonchev–Trinajstić information content (AvgIpc) is 3.11. The molecule has 0 unspecified atom stereocenters. The molecule has 0 radical (unpaired) electrons. The fourth-order valence-electron chi connectivity index (χ4n) is 2.32. The summed E-state index contributed by atoms with van der Waals surface area (Å²) in [6.07, 6.45) is 0. The van der Waals surface area contributed by atoms with Gasteiger partial charge in [-0.3, -0.25) is 0 Å². The molecule has 0 saturated carbocycles. The van der Waals surface area contributed by atoms with Gasteiger partial charge in [-0.05, 0) is 24.3 Å². The molecule has 108 valence electrons. The predicted molar refractivity (Wildman–Crippen MR) is 91.6 cm³/mol. The van der Waals surface area contributed by atoms with Crippen LogP contribution in [-0.4, -0.2) is 14.8 Å². The Labute approximate surface area is 135 Å². The van der Waals surface area contributed by atoms with Crippen LogP contribution in [0.3, 0.4) is 0 Å². The van der Waals surface area contributed by atoms with Gasteiger partial charge < -0.3 is 5.73 Å². The first-order valence-electron chi connectivity index (χ1n) is 6.68. The summed E-state index contributed by atoms with van der Waals surface area (Å²) in [6.45, 7) is 0. The zero-order valence-corrected chi connectivity index (χ0v) is 13.0. The summed E-state index contributed by atoms with van der Waals surface area (Å²) >= 11 is 7.54. The monoisotopic (exact) mass is 326 g/mol. The van der Waals surface area contributed by atoms with E-state index in [1.807, 2.05) is 54.6 Å². The number of nitrogen functional groups attached to an aromatic ring is 1. The average molecular weight is 327 g/mol. The molecular formula is C16H11ClN4S. The van der Waals surface area contributed by atoms with Crippen LogP contribution < -0.4 is 5.73 Å². The Morgan fingerprint density at radius 3 is 2.59 bits per heavy atom. The van der Waals surface area contributed by atoms with Crippen LogP contribution in [0.15, 0.2) is 54.6 Å². The van der Waals surface area contributed by atoms with Crippen molar-refractivity contribution in [3.8, 4) is 16.4 Å². The number of fused-ring (bicyclic) bond motifs is 1. The predicted octanol–water partition coefficient (Wildman–Crippen LogP) is 4.38. The van der Waals surface area contributed by atoms with E-state index in [1.165, 1.54) is 0 Å². The zero-order chi connectivity index (χ0) is 15.1. The molecule has 0 bridgehead atoms. The zero-order valence-electron chi connectivity index (χ0n) is 11.4. The smallest absolute Gasteiger partial charge is 0.212 e. The Bertz CT molecular complexity index is 923. The van der Waals surface area contributed by atoms with Crippen molar-refractivity contribution in [2.45, 2.75) is 0 Å². The Morgan fingerprint density at radius 2 is 1.82 bits per heavy atom. The number of rotatable bonds is 2. The second kappa shape index (κ2) is 5.12. The Morgan fingerprint density at radius 1 is 1.05 bits per heavy atom. The van der Waals surface area contributed by atoms with Gasteiger partial charge in [0.2, 0.25) is 5.13 Å². The number of nitrogens with two attached hydrogens (primary N) is 1. The first kappa shape index (κ1) is 13.3. The molecule has 22 heavy (non-hydrogen) atoms. The standard InChI is InChI=1S/C16H11ClN4S/c17-11-7-5-10(6-8-11)13-9-15(18)20-21(13)16-19-12-3-1-2-4-14(12)22-16/h1-9H,(H2,18,20). The van der Waals surface area contributed by atoms with E-state index in [9.17, 15) is 0 Å². The molecule has 0 amide bonds. The van der Waals surface area contributed by atoms with Crippen LogP contribution in [0, 0.1) is 0 Å². The molecule has 2 N–H and O–H groups in total. The van der Waals surface area contributed by atoms with E-state index in [0.29, 0.717) is 10.8 Å². The van der Waals surface area contributed by atoms with Gasteiger partial charge in [-0.15, -0.1) is 5.10 Å². The van der Waals surface area contributed by atoms with Crippen molar-refractivity contribution in [1.29, 1.82) is 0 Å². The Hall–Kier alpha value is -2.37. The molecule has 4 nitrogen and oxygen atoms in total. The van der Waals surface area contributed by atoms with Gasteiger partial charge >= 0.3 is 0 Å². The fourth-order valence-corrected chi connectivity index (χ4v) is 3.38. The summed E-state index contributed by atoms with van der Waals surface area (Å²) in [5.41, 5.74) is 8.74. The second-order valence-electron chi connectivity index (χ2n) is 4.84. The van der Waals surface area contributed by atoms with Crippen LogP contribution in [-0.2, 0) is 0 Å². The van der Waals surface area contributed by atoms with E-state index in [-0.39, 0.29) is 0 Å². The van der Waals surface area contributed by atoms with Crippen LogP contribution >= 0.6 is 22.9 Å². The van der Waals surface area contributed by atoms with Crippen LogP contribution in [0.2, 0.25) is 5.02 Å². The molecule has 4 rings (SSSR count). The Kier molecular flexibility index (Phi) is 3.10. The van der Waals surface area contributed by atoms with Gasteiger partial charge in [-0.1, -0.05) is 47.2 Å². The number of anilines is 1. The first-order chi connectivity index (χ1) is 10.7. The molecule has 2 aromatic carbocycles. The van der Waals surface area contributed by atoms with Crippen molar-refractivity contribution in [3.05, 3.63) is 59.6 Å². The normalized spacial score (nSPS) is 11.1. The van der Waals surface area contributed by atoms with Crippen molar-refractivity contribution in [2.75, 3.05) is 5.73 Å². The minimum Gasteiger partial charge on any atom is -0.382 e. The highest BCUT2D eigenvalue weighted by molar-refractivity contribution is 7.20. The van der Waals surface area contributed by atoms with E-state index >= 15 is 0 Å². The molecule has 6 heteroatoms. The van der Waals surface area contributed by atoms with Crippen molar-refractivity contribution in [2.24, 2.45) is 0 Å². The third-order valence-electron chi connectivity index (χ3n) is 3.33. The van der Waals surface area contributed by atoms with Gasteiger partial charge in [0, 0.05) is 16.7 Å². The van der Waals surface area contributed by atoms with Gasteiger partial charge in [0.25, 0.3) is 0 Å². The van der Waals surface area contributed by atoms with Gasteiger partial charge in [0.05, 0.1) is 15.9 Å². The molecule has 2 aromatic heterocycles. The number of para-hydroxylation sites is 1. The minimum absolute atomic E-state index is 0.462. The van der Waals surface area contributed by atoms with Crippen LogP contribution in [0.1, 0.15) is 0 Å². The lowest BCUT2D eigenvalue weighted by atomic mass is 10.1. The third-order valence-corrected chi connectivity index (χ3v) is 4.60. The molecule has 0 aliphatic carbocycles. The maximum atomic E-state index is 5.96. The summed E-state index contributed by atoms with van der Waals surface area (Å²) in [7, 11) is 0. The van der Waals surface area contributed by atoms with E-state index in [1.54, 1.807) is 16.0 Å². The van der Waals surface area contributed by atoms with Crippen molar-refractivity contribution in [3.63, 3.8) is 0 Å². The summed E-state index contributed by atoms with van der Waals surface area (Å²) < 4.78 is 2.90. The quantitative estimate of drug-likeness (QED) is 0.594. The highest BCUT2D eigenvalue weighted by atomic mass is 35.5. The number of hydrogen-bond donors (Lipinski definition) is 1. The second-order valence-corrected chi connectivity index (χ2v) is 6.28. The highest BCUT2D eigenvalue weighted by Gasteiger charge is 2.14. The van der Waals surface area contributed by atoms with Gasteiger partial charge in [-0.25, -0.2) is 9.67 Å². The number of thiazole rings is 1. The molecule has 0 spiro atoms. The van der Waals surface area contributed by atoms with Gasteiger partial charge in [-0.2, -0.15) is 0 Å². The van der Waals surface area contributed by atoms with E-state index in [4.69, 9.17) is 17.3 Å². The van der Waals surface area contributed by atoms with E-state index in [2.05, 4.69) is 10.1 Å². The topological polar surface area (TPSA) is 56.7 Å². The Balaban J connectivity index is 1.90. The summed E-state index contributed by atoms with van der Waals surface area (Å²) in [6, 6.07) is 17.5. The number of aromatic nitrogens is 3. The van der Waals surface area contributed by atoms with Crippen molar-refractivity contribution >= 4 is 39.0 Å². The molecule has 0 fully saturated rings. The van der Waals surface area contributed by atoms with Crippen LogP contribution in [0.5, 0.6) is 0 Å². The largest absolute Gasteiger partial charge is 0.382 e. The fraction of sp³-hybridized carbons (Fsp3) is 0. The lowest BCUT2D eigenvalue weighted by Crippen LogP contribution is -1.99. The first-order valence-corrected chi connectivity index (χ1v) is 7.87. The highest BCUT2D eigenvalue weighted by Crippen LogP contribution is 2.30. The van der Waals surface area contributed by atoms with Gasteiger partial charge in [0.15, 0.2) is 0 Å².